The van der Waals surface area contributed by atoms with Crippen molar-refractivity contribution in [3.63, 3.8) is 0 Å². The Bertz CT molecular complexity index is 1230. The van der Waals surface area contributed by atoms with E-state index in [1.807, 2.05) is 48.5 Å². The monoisotopic (exact) mass is 402 g/mol. The van der Waals surface area contributed by atoms with Crippen molar-refractivity contribution in [1.29, 1.82) is 0 Å². The number of rotatable bonds is 4. The minimum absolute atomic E-state index is 0.123. The molecule has 0 bridgehead atoms. The predicted molar refractivity (Wildman–Crippen MR) is 116 cm³/mol. The largest absolute Gasteiger partial charge is 0.450 e. The lowest BCUT2D eigenvalue weighted by atomic mass is 10.1. The van der Waals surface area contributed by atoms with Gasteiger partial charge in [0.2, 0.25) is 5.82 Å². The average molecular weight is 402 g/mol. The van der Waals surface area contributed by atoms with Gasteiger partial charge in [-0.2, -0.15) is 0 Å². The Balaban J connectivity index is 1.60. The summed E-state index contributed by atoms with van der Waals surface area (Å²) in [5.74, 6) is 0.411. The van der Waals surface area contributed by atoms with E-state index in [0.29, 0.717) is 43.2 Å². The van der Waals surface area contributed by atoms with E-state index in [4.69, 9.17) is 9.15 Å². The lowest BCUT2D eigenvalue weighted by molar-refractivity contribution is 0.101. The van der Waals surface area contributed by atoms with E-state index in [9.17, 15) is 4.79 Å². The minimum Gasteiger partial charge on any atom is -0.450 e. The Morgan fingerprint density at radius 3 is 2.77 bits per heavy atom. The second-order valence-corrected chi connectivity index (χ2v) is 7.25. The number of fused-ring (bicyclic) bond motifs is 3. The van der Waals surface area contributed by atoms with Crippen LogP contribution in [0.1, 0.15) is 23.1 Å². The standard InChI is InChI=1S/C23H22N4O3/c1-2-15-6-5-7-16(14-15)24-23(28)21-25-19-17-8-3-4-9-18(17)30-20(19)22(26-21)27-10-12-29-13-11-27/h3-9,14H,2,10-13H2,1H3,(H,24,28). The fourth-order valence-corrected chi connectivity index (χ4v) is 3.72. The summed E-state index contributed by atoms with van der Waals surface area (Å²) in [6.45, 7) is 4.66. The van der Waals surface area contributed by atoms with E-state index in [1.165, 1.54) is 0 Å². The number of carbonyl (C=O) groups is 1. The topological polar surface area (TPSA) is 80.5 Å². The van der Waals surface area contributed by atoms with Gasteiger partial charge < -0.3 is 19.4 Å². The first-order valence-corrected chi connectivity index (χ1v) is 10.1. The number of aromatic nitrogens is 2. The Morgan fingerprint density at radius 1 is 1.10 bits per heavy atom. The van der Waals surface area contributed by atoms with Crippen LogP contribution < -0.4 is 10.2 Å². The van der Waals surface area contributed by atoms with Gasteiger partial charge in [-0.05, 0) is 36.2 Å². The van der Waals surface area contributed by atoms with Gasteiger partial charge in [-0.3, -0.25) is 4.79 Å². The molecule has 0 saturated carbocycles. The molecule has 7 nitrogen and oxygen atoms in total. The zero-order chi connectivity index (χ0) is 20.5. The Kier molecular flexibility index (Phi) is 4.80. The summed E-state index contributed by atoms with van der Waals surface area (Å²) in [4.78, 5) is 24.3. The molecule has 0 aliphatic carbocycles. The molecule has 1 fully saturated rings. The van der Waals surface area contributed by atoms with Crippen molar-refractivity contribution < 1.29 is 13.9 Å². The Labute approximate surface area is 173 Å². The number of hydrogen-bond acceptors (Lipinski definition) is 6. The van der Waals surface area contributed by atoms with Crippen molar-refractivity contribution in [2.75, 3.05) is 36.5 Å². The van der Waals surface area contributed by atoms with Gasteiger partial charge in [0.25, 0.3) is 5.91 Å². The first-order chi connectivity index (χ1) is 14.7. The molecule has 1 saturated heterocycles. The van der Waals surface area contributed by atoms with Crippen molar-refractivity contribution in [2.24, 2.45) is 0 Å². The third-order valence-corrected chi connectivity index (χ3v) is 5.31. The molecule has 5 rings (SSSR count). The molecule has 4 aromatic rings. The predicted octanol–water partition coefficient (Wildman–Crippen LogP) is 4.03. The summed E-state index contributed by atoms with van der Waals surface area (Å²) in [7, 11) is 0. The number of furan rings is 1. The maximum absolute atomic E-state index is 13.0. The number of aryl methyl sites for hydroxylation is 1. The van der Waals surface area contributed by atoms with Crippen molar-refractivity contribution in [3.05, 3.63) is 59.9 Å². The van der Waals surface area contributed by atoms with Gasteiger partial charge >= 0.3 is 0 Å². The number of morpholine rings is 1. The van der Waals surface area contributed by atoms with Crippen LogP contribution in [-0.2, 0) is 11.2 Å². The SMILES string of the molecule is CCc1cccc(NC(=O)c2nc(N3CCOCC3)c3oc4ccccc4c3n2)c1. The summed E-state index contributed by atoms with van der Waals surface area (Å²) in [6, 6.07) is 15.5. The first-order valence-electron chi connectivity index (χ1n) is 10.1. The Hall–Kier alpha value is -3.45. The van der Waals surface area contributed by atoms with Gasteiger partial charge in [0.1, 0.15) is 11.1 Å². The van der Waals surface area contributed by atoms with Crippen LogP contribution in [-0.4, -0.2) is 42.2 Å². The van der Waals surface area contributed by atoms with Gasteiger partial charge in [-0.25, -0.2) is 9.97 Å². The summed E-state index contributed by atoms with van der Waals surface area (Å²) >= 11 is 0. The number of amides is 1. The van der Waals surface area contributed by atoms with Gasteiger partial charge in [0.05, 0.1) is 13.2 Å². The van der Waals surface area contributed by atoms with E-state index in [0.717, 1.165) is 28.6 Å². The number of anilines is 2. The normalized spacial score (nSPS) is 14.4. The molecule has 1 aliphatic rings. The molecule has 0 atom stereocenters. The molecule has 2 aromatic heterocycles. The average Bonchev–Trinajstić information content (AvgIpc) is 3.18. The quantitative estimate of drug-likeness (QED) is 0.555. The Morgan fingerprint density at radius 2 is 1.93 bits per heavy atom. The third kappa shape index (κ3) is 3.37. The summed E-state index contributed by atoms with van der Waals surface area (Å²) in [5, 5.41) is 3.80. The maximum Gasteiger partial charge on any atom is 0.293 e. The van der Waals surface area contributed by atoms with Crippen LogP contribution >= 0.6 is 0 Å². The number of nitrogens with zero attached hydrogens (tertiary/aromatic N) is 3. The molecular weight excluding hydrogens is 380 g/mol. The lowest BCUT2D eigenvalue weighted by Gasteiger charge is -2.27. The summed E-state index contributed by atoms with van der Waals surface area (Å²) in [5.41, 5.74) is 3.86. The van der Waals surface area contributed by atoms with Crippen molar-refractivity contribution in [3.8, 4) is 0 Å². The zero-order valence-corrected chi connectivity index (χ0v) is 16.7. The van der Waals surface area contributed by atoms with Crippen molar-refractivity contribution in [1.82, 2.24) is 9.97 Å². The van der Waals surface area contributed by atoms with Crippen LogP contribution in [0.15, 0.2) is 52.9 Å². The lowest BCUT2D eigenvalue weighted by Crippen LogP contribution is -2.37. The number of nitrogens with one attached hydrogen (secondary N) is 1. The molecule has 0 spiro atoms. The highest BCUT2D eigenvalue weighted by Crippen LogP contribution is 2.33. The second-order valence-electron chi connectivity index (χ2n) is 7.25. The van der Waals surface area contributed by atoms with E-state index in [-0.39, 0.29) is 11.7 Å². The molecule has 2 aromatic carbocycles. The smallest absolute Gasteiger partial charge is 0.293 e. The number of benzene rings is 2. The van der Waals surface area contributed by atoms with Crippen LogP contribution in [0, 0.1) is 0 Å². The maximum atomic E-state index is 13.0. The number of para-hydroxylation sites is 1. The molecule has 152 valence electrons. The van der Waals surface area contributed by atoms with Gasteiger partial charge in [0, 0.05) is 24.2 Å². The van der Waals surface area contributed by atoms with Crippen molar-refractivity contribution in [2.45, 2.75) is 13.3 Å². The highest BCUT2D eigenvalue weighted by atomic mass is 16.5. The molecule has 1 amide bonds. The van der Waals surface area contributed by atoms with Gasteiger partial charge in [-0.1, -0.05) is 31.2 Å². The fourth-order valence-electron chi connectivity index (χ4n) is 3.72. The van der Waals surface area contributed by atoms with E-state index < -0.39 is 0 Å². The molecule has 3 heterocycles. The molecule has 0 radical (unpaired) electrons. The second kappa shape index (κ2) is 7.76. The highest BCUT2D eigenvalue weighted by molar-refractivity contribution is 6.09. The van der Waals surface area contributed by atoms with E-state index in [2.05, 4.69) is 27.1 Å². The molecule has 0 unspecified atom stereocenters. The molecule has 30 heavy (non-hydrogen) atoms. The van der Waals surface area contributed by atoms with Crippen LogP contribution in [0.3, 0.4) is 0 Å². The molecule has 1 N–H and O–H groups in total. The molecule has 1 aliphatic heterocycles. The number of ether oxygens (including phenoxy) is 1. The minimum atomic E-state index is -0.343. The fraction of sp³-hybridized carbons (Fsp3) is 0.261. The zero-order valence-electron chi connectivity index (χ0n) is 16.7. The van der Waals surface area contributed by atoms with E-state index >= 15 is 0 Å². The van der Waals surface area contributed by atoms with Crippen LogP contribution in [0.4, 0.5) is 11.5 Å². The van der Waals surface area contributed by atoms with Gasteiger partial charge in [-0.15, -0.1) is 0 Å². The third-order valence-electron chi connectivity index (χ3n) is 5.31. The molecular formula is C23H22N4O3. The highest BCUT2D eigenvalue weighted by Gasteiger charge is 2.24. The van der Waals surface area contributed by atoms with Gasteiger partial charge in [0.15, 0.2) is 11.4 Å². The van der Waals surface area contributed by atoms with E-state index in [1.54, 1.807) is 0 Å². The number of carbonyl (C=O) groups excluding carboxylic acids is 1. The number of hydrogen-bond donors (Lipinski definition) is 1. The molecule has 7 heteroatoms. The van der Waals surface area contributed by atoms with Crippen LogP contribution in [0.2, 0.25) is 0 Å². The summed E-state index contributed by atoms with van der Waals surface area (Å²) < 4.78 is 11.6. The van der Waals surface area contributed by atoms with Crippen LogP contribution in [0.5, 0.6) is 0 Å². The first kappa shape index (κ1) is 18.6. The summed E-state index contributed by atoms with van der Waals surface area (Å²) in [6.07, 6.45) is 0.897. The van der Waals surface area contributed by atoms with Crippen molar-refractivity contribution >= 4 is 39.5 Å². The van der Waals surface area contributed by atoms with Crippen LogP contribution in [0.25, 0.3) is 22.1 Å².